The first-order valence-electron chi connectivity index (χ1n) is 10.2. The van der Waals surface area contributed by atoms with Crippen molar-refractivity contribution in [2.24, 2.45) is 0 Å². The van der Waals surface area contributed by atoms with Gasteiger partial charge >= 0.3 is 0 Å². The Balaban J connectivity index is 1.64. The van der Waals surface area contributed by atoms with Gasteiger partial charge in [-0.05, 0) is 93.9 Å². The Morgan fingerprint density at radius 2 is 1.80 bits per heavy atom. The van der Waals surface area contributed by atoms with Crippen LogP contribution in [0.15, 0.2) is 70.7 Å². The number of nitrogens with zero attached hydrogens (tertiary/aromatic N) is 1. The largest absolute Gasteiger partial charge is 0.493 e. The van der Waals surface area contributed by atoms with Gasteiger partial charge in [-0.25, -0.2) is 8.78 Å². The number of anilines is 1. The molecule has 10 heteroatoms. The number of ether oxygens (including phenoxy) is 2. The first kappa shape index (κ1) is 24.5. The summed E-state index contributed by atoms with van der Waals surface area (Å²) in [7, 11) is 1.45. The van der Waals surface area contributed by atoms with Crippen molar-refractivity contribution in [3.05, 3.63) is 93.5 Å². The Morgan fingerprint density at radius 1 is 1.06 bits per heavy atom. The zero-order chi connectivity index (χ0) is 25.1. The Morgan fingerprint density at radius 3 is 2.49 bits per heavy atom. The van der Waals surface area contributed by atoms with Crippen LogP contribution in [0, 0.1) is 11.6 Å². The molecule has 1 saturated heterocycles. The van der Waals surface area contributed by atoms with E-state index in [4.69, 9.17) is 21.7 Å². The fourth-order valence-electron chi connectivity index (χ4n) is 3.39. The van der Waals surface area contributed by atoms with Crippen molar-refractivity contribution in [1.82, 2.24) is 5.32 Å². The molecule has 3 aromatic carbocycles. The third-order valence-corrected chi connectivity index (χ3v) is 5.90. The lowest BCUT2D eigenvalue weighted by Gasteiger charge is -2.29. The minimum absolute atomic E-state index is 0.0954. The van der Waals surface area contributed by atoms with Gasteiger partial charge in [0.2, 0.25) is 0 Å². The summed E-state index contributed by atoms with van der Waals surface area (Å²) < 4.78 is 38.5. The molecule has 1 fully saturated rings. The molecule has 4 rings (SSSR count). The van der Waals surface area contributed by atoms with Crippen LogP contribution in [0.3, 0.4) is 0 Å². The first-order chi connectivity index (χ1) is 16.8. The highest BCUT2D eigenvalue weighted by atomic mass is 79.9. The molecule has 0 atom stereocenters. The monoisotopic (exact) mass is 558 g/mol. The van der Waals surface area contributed by atoms with Crippen LogP contribution in [0.1, 0.15) is 11.1 Å². The molecule has 1 heterocycles. The quantitative estimate of drug-likeness (QED) is 0.257. The maximum atomic E-state index is 13.5. The maximum absolute atomic E-state index is 13.5. The average molecular weight is 559 g/mol. The van der Waals surface area contributed by atoms with E-state index in [1.54, 1.807) is 24.3 Å². The number of hydrogen-bond donors (Lipinski definition) is 1. The highest BCUT2D eigenvalue weighted by Crippen LogP contribution is 2.38. The lowest BCUT2D eigenvalue weighted by atomic mass is 10.1. The molecule has 6 nitrogen and oxygen atoms in total. The Hall–Kier alpha value is -3.63. The molecule has 1 aliphatic rings. The summed E-state index contributed by atoms with van der Waals surface area (Å²) in [5.41, 5.74) is 1.24. The van der Waals surface area contributed by atoms with Crippen molar-refractivity contribution >= 4 is 56.8 Å². The van der Waals surface area contributed by atoms with Crippen LogP contribution < -0.4 is 19.7 Å². The number of carbonyl (C=O) groups excluding carboxylic acids is 2. The minimum atomic E-state index is -0.667. The van der Waals surface area contributed by atoms with Gasteiger partial charge in [0.15, 0.2) is 16.6 Å². The molecule has 0 unspecified atom stereocenters. The first-order valence-corrected chi connectivity index (χ1v) is 11.4. The Kier molecular flexibility index (Phi) is 7.23. The number of carbonyl (C=O) groups is 2. The molecule has 2 amide bonds. The standard InChI is InChI=1S/C25H17BrF2N2O4S/c1-33-21-12-15(11-20(26)22(21)34-13-14-3-2-4-17(28)9-14)10-19-23(31)29-25(35)30(24(19)32)18-7-5-16(27)6-8-18/h2-12H,13H2,1H3,(H,29,31,35)/b19-10-. The number of amides is 2. The predicted octanol–water partition coefficient (Wildman–Crippen LogP) is 5.15. The Labute approximate surface area is 213 Å². The molecule has 0 aromatic heterocycles. The fourth-order valence-corrected chi connectivity index (χ4v) is 4.25. The summed E-state index contributed by atoms with van der Waals surface area (Å²) in [5.74, 6) is -1.47. The summed E-state index contributed by atoms with van der Waals surface area (Å²) in [6.45, 7) is 0.0954. The van der Waals surface area contributed by atoms with Crippen molar-refractivity contribution in [3.8, 4) is 11.5 Å². The molecular weight excluding hydrogens is 542 g/mol. The number of benzene rings is 3. The summed E-state index contributed by atoms with van der Waals surface area (Å²) >= 11 is 8.58. The highest BCUT2D eigenvalue weighted by molar-refractivity contribution is 9.10. The van der Waals surface area contributed by atoms with Crippen LogP contribution in [0.2, 0.25) is 0 Å². The molecule has 1 aliphatic heterocycles. The van der Waals surface area contributed by atoms with E-state index >= 15 is 0 Å². The average Bonchev–Trinajstić information content (AvgIpc) is 2.82. The maximum Gasteiger partial charge on any atom is 0.270 e. The molecule has 178 valence electrons. The van der Waals surface area contributed by atoms with E-state index in [-0.39, 0.29) is 23.1 Å². The van der Waals surface area contributed by atoms with Crippen molar-refractivity contribution in [2.75, 3.05) is 12.0 Å². The van der Waals surface area contributed by atoms with Crippen LogP contribution in [0.4, 0.5) is 14.5 Å². The molecule has 0 aliphatic carbocycles. The second-order valence-corrected chi connectivity index (χ2v) is 8.63. The Bertz CT molecular complexity index is 1360. The van der Waals surface area contributed by atoms with Crippen molar-refractivity contribution in [1.29, 1.82) is 0 Å². The van der Waals surface area contributed by atoms with E-state index in [0.717, 1.165) is 4.90 Å². The second-order valence-electron chi connectivity index (χ2n) is 7.39. The summed E-state index contributed by atoms with van der Waals surface area (Å²) in [5, 5.41) is 2.37. The van der Waals surface area contributed by atoms with Crippen LogP contribution in [-0.2, 0) is 16.2 Å². The molecule has 0 saturated carbocycles. The van der Waals surface area contributed by atoms with Crippen molar-refractivity contribution < 1.29 is 27.8 Å². The smallest absolute Gasteiger partial charge is 0.270 e. The third kappa shape index (κ3) is 5.39. The van der Waals surface area contributed by atoms with Gasteiger partial charge in [-0.2, -0.15) is 0 Å². The van der Waals surface area contributed by atoms with Gasteiger partial charge in [-0.3, -0.25) is 19.8 Å². The molecule has 3 aromatic rings. The normalized spacial score (nSPS) is 14.8. The van der Waals surface area contributed by atoms with Crippen LogP contribution in [0.25, 0.3) is 6.08 Å². The molecule has 0 radical (unpaired) electrons. The van der Waals surface area contributed by atoms with Crippen LogP contribution in [0.5, 0.6) is 11.5 Å². The number of thiocarbonyl (C=S) groups is 1. The van der Waals surface area contributed by atoms with Gasteiger partial charge < -0.3 is 9.47 Å². The topological polar surface area (TPSA) is 67.9 Å². The second kappa shape index (κ2) is 10.3. The zero-order valence-electron chi connectivity index (χ0n) is 18.2. The molecule has 35 heavy (non-hydrogen) atoms. The molecule has 0 spiro atoms. The SMILES string of the molecule is COc1cc(/C=C2/C(=O)NC(=S)N(c3ccc(F)cc3)C2=O)cc(Br)c1OCc1cccc(F)c1. The summed E-state index contributed by atoms with van der Waals surface area (Å²) in [4.78, 5) is 26.8. The fraction of sp³-hybridized carbons (Fsp3) is 0.0800. The van der Waals surface area contributed by atoms with Gasteiger partial charge in [-0.1, -0.05) is 12.1 Å². The van der Waals surface area contributed by atoms with Crippen molar-refractivity contribution in [3.63, 3.8) is 0 Å². The van der Waals surface area contributed by atoms with E-state index in [2.05, 4.69) is 21.2 Å². The van der Waals surface area contributed by atoms with Gasteiger partial charge in [0, 0.05) is 0 Å². The van der Waals surface area contributed by atoms with E-state index < -0.39 is 17.6 Å². The number of rotatable bonds is 6. The van der Waals surface area contributed by atoms with E-state index in [9.17, 15) is 18.4 Å². The molecule has 0 bridgehead atoms. The van der Waals surface area contributed by atoms with Gasteiger partial charge in [0.1, 0.15) is 23.8 Å². The van der Waals surface area contributed by atoms with Crippen LogP contribution >= 0.6 is 28.1 Å². The highest BCUT2D eigenvalue weighted by Gasteiger charge is 2.34. The van der Waals surface area contributed by atoms with Crippen molar-refractivity contribution in [2.45, 2.75) is 6.61 Å². The third-order valence-electron chi connectivity index (χ3n) is 5.02. The van der Waals surface area contributed by atoms with E-state index in [0.29, 0.717) is 32.8 Å². The van der Waals surface area contributed by atoms with Gasteiger partial charge in [-0.15, -0.1) is 0 Å². The van der Waals surface area contributed by atoms with Crippen LogP contribution in [-0.4, -0.2) is 24.0 Å². The number of methoxy groups -OCH3 is 1. The predicted molar refractivity (Wildman–Crippen MR) is 134 cm³/mol. The zero-order valence-corrected chi connectivity index (χ0v) is 20.6. The number of hydrogen-bond acceptors (Lipinski definition) is 5. The summed E-state index contributed by atoms with van der Waals surface area (Å²) in [6, 6.07) is 14.4. The lowest BCUT2D eigenvalue weighted by molar-refractivity contribution is -0.122. The van der Waals surface area contributed by atoms with E-state index in [1.165, 1.54) is 49.6 Å². The lowest BCUT2D eigenvalue weighted by Crippen LogP contribution is -2.54. The summed E-state index contributed by atoms with van der Waals surface area (Å²) in [6.07, 6.45) is 1.39. The van der Waals surface area contributed by atoms with Gasteiger partial charge in [0.25, 0.3) is 11.8 Å². The van der Waals surface area contributed by atoms with E-state index in [1.807, 2.05) is 0 Å². The number of nitrogens with one attached hydrogen (secondary N) is 1. The molecular formula is C25H17BrF2N2O4S. The van der Waals surface area contributed by atoms with Gasteiger partial charge in [0.05, 0.1) is 17.3 Å². The number of halogens is 3. The molecule has 1 N–H and O–H groups in total. The minimum Gasteiger partial charge on any atom is -0.493 e.